The maximum Gasteiger partial charge on any atom is 0.226 e. The third-order valence-electron chi connectivity index (χ3n) is 3.60. The summed E-state index contributed by atoms with van der Waals surface area (Å²) in [7, 11) is 1.95. The lowest BCUT2D eigenvalue weighted by atomic mass is 10.0. The van der Waals surface area contributed by atoms with Gasteiger partial charge in [-0.1, -0.05) is 12.8 Å². The summed E-state index contributed by atoms with van der Waals surface area (Å²) in [5.74, 6) is 0.699. The standard InChI is InChI=1S/C13H17N3OS/c1-16(9-13(17)5-2-3-6-13)12-14-8-10-4-7-18-11(10)15-12/h4,7-8,17H,2-3,5-6,9H2,1H3. The average molecular weight is 263 g/mol. The Bertz CT molecular complexity index is 548. The average Bonchev–Trinajstić information content (AvgIpc) is 2.96. The van der Waals surface area contributed by atoms with Crippen molar-refractivity contribution in [3.8, 4) is 0 Å². The lowest BCUT2D eigenvalue weighted by Crippen LogP contribution is -2.39. The minimum atomic E-state index is -0.553. The van der Waals surface area contributed by atoms with Gasteiger partial charge in [0.15, 0.2) is 0 Å². The molecule has 0 aromatic carbocycles. The van der Waals surface area contributed by atoms with E-state index in [4.69, 9.17) is 0 Å². The lowest BCUT2D eigenvalue weighted by molar-refractivity contribution is 0.0556. The first kappa shape index (κ1) is 11.9. The van der Waals surface area contributed by atoms with Crippen LogP contribution in [0.2, 0.25) is 0 Å². The number of rotatable bonds is 3. The van der Waals surface area contributed by atoms with Gasteiger partial charge < -0.3 is 10.0 Å². The van der Waals surface area contributed by atoms with Crippen molar-refractivity contribution in [3.63, 3.8) is 0 Å². The summed E-state index contributed by atoms with van der Waals surface area (Å²) in [5.41, 5.74) is -0.553. The Morgan fingerprint density at radius 3 is 3.00 bits per heavy atom. The van der Waals surface area contributed by atoms with E-state index in [1.54, 1.807) is 11.3 Å². The Balaban J connectivity index is 1.80. The van der Waals surface area contributed by atoms with Crippen molar-refractivity contribution in [2.45, 2.75) is 31.3 Å². The summed E-state index contributed by atoms with van der Waals surface area (Å²) in [5, 5.41) is 13.5. The van der Waals surface area contributed by atoms with Gasteiger partial charge in [-0.05, 0) is 24.3 Å². The molecule has 1 saturated carbocycles. The molecule has 0 spiro atoms. The van der Waals surface area contributed by atoms with Crippen LogP contribution in [0.3, 0.4) is 0 Å². The molecule has 0 saturated heterocycles. The first-order chi connectivity index (χ1) is 8.66. The molecule has 5 heteroatoms. The Kier molecular flexibility index (Phi) is 2.95. The fourth-order valence-electron chi connectivity index (χ4n) is 2.63. The summed E-state index contributed by atoms with van der Waals surface area (Å²) >= 11 is 1.62. The fraction of sp³-hybridized carbons (Fsp3) is 0.538. The molecule has 4 nitrogen and oxygen atoms in total. The number of thiophene rings is 1. The van der Waals surface area contributed by atoms with E-state index in [0.717, 1.165) is 35.9 Å². The van der Waals surface area contributed by atoms with Crippen LogP contribution >= 0.6 is 11.3 Å². The van der Waals surface area contributed by atoms with Gasteiger partial charge in [-0.25, -0.2) is 9.97 Å². The molecule has 3 rings (SSSR count). The second-order valence-corrected chi connectivity index (χ2v) is 6.03. The quantitative estimate of drug-likeness (QED) is 0.924. The highest BCUT2D eigenvalue weighted by molar-refractivity contribution is 7.16. The normalized spacial score (nSPS) is 18.3. The number of anilines is 1. The second kappa shape index (κ2) is 4.48. The number of aromatic nitrogens is 2. The zero-order valence-electron chi connectivity index (χ0n) is 10.5. The van der Waals surface area contributed by atoms with Crippen molar-refractivity contribution in [1.29, 1.82) is 0 Å². The molecular weight excluding hydrogens is 246 g/mol. The number of fused-ring (bicyclic) bond motifs is 1. The van der Waals surface area contributed by atoms with Gasteiger partial charge in [0.1, 0.15) is 4.83 Å². The molecule has 0 aliphatic heterocycles. The maximum absolute atomic E-state index is 10.4. The molecule has 18 heavy (non-hydrogen) atoms. The van der Waals surface area contributed by atoms with Crippen molar-refractivity contribution >= 4 is 27.5 Å². The van der Waals surface area contributed by atoms with Crippen LogP contribution in [0, 0.1) is 0 Å². The van der Waals surface area contributed by atoms with Gasteiger partial charge in [0, 0.05) is 25.2 Å². The molecule has 1 aliphatic carbocycles. The molecule has 0 radical (unpaired) electrons. The first-order valence-electron chi connectivity index (χ1n) is 6.30. The molecule has 1 aliphatic rings. The topological polar surface area (TPSA) is 49.2 Å². The smallest absolute Gasteiger partial charge is 0.226 e. The van der Waals surface area contributed by atoms with E-state index >= 15 is 0 Å². The third-order valence-corrected chi connectivity index (χ3v) is 4.42. The van der Waals surface area contributed by atoms with Crippen LogP contribution < -0.4 is 4.90 Å². The zero-order valence-corrected chi connectivity index (χ0v) is 11.3. The van der Waals surface area contributed by atoms with Gasteiger partial charge in [-0.2, -0.15) is 0 Å². The first-order valence-corrected chi connectivity index (χ1v) is 7.18. The summed E-state index contributed by atoms with van der Waals surface area (Å²) < 4.78 is 0. The number of nitrogens with zero attached hydrogens (tertiary/aromatic N) is 3. The Morgan fingerprint density at radius 2 is 2.22 bits per heavy atom. The van der Waals surface area contributed by atoms with Crippen molar-refractivity contribution < 1.29 is 5.11 Å². The van der Waals surface area contributed by atoms with Crippen LogP contribution in [0.5, 0.6) is 0 Å². The Labute approximate surface area is 110 Å². The highest BCUT2D eigenvalue weighted by Gasteiger charge is 2.32. The fourth-order valence-corrected chi connectivity index (χ4v) is 3.37. The van der Waals surface area contributed by atoms with E-state index in [0.29, 0.717) is 12.5 Å². The van der Waals surface area contributed by atoms with Crippen LogP contribution in [0.15, 0.2) is 17.6 Å². The lowest BCUT2D eigenvalue weighted by Gasteiger charge is -2.28. The molecule has 96 valence electrons. The number of hydrogen-bond donors (Lipinski definition) is 1. The van der Waals surface area contributed by atoms with E-state index in [1.165, 1.54) is 0 Å². The monoisotopic (exact) mass is 263 g/mol. The molecule has 0 bridgehead atoms. The summed E-state index contributed by atoms with van der Waals surface area (Å²) in [4.78, 5) is 11.9. The number of aliphatic hydroxyl groups is 1. The van der Waals surface area contributed by atoms with Crippen molar-refractivity contribution in [2.24, 2.45) is 0 Å². The van der Waals surface area contributed by atoms with Crippen molar-refractivity contribution in [3.05, 3.63) is 17.6 Å². The van der Waals surface area contributed by atoms with Crippen LogP contribution in [-0.2, 0) is 0 Å². The van der Waals surface area contributed by atoms with E-state index < -0.39 is 5.60 Å². The zero-order chi connectivity index (χ0) is 12.6. The number of hydrogen-bond acceptors (Lipinski definition) is 5. The molecular formula is C13H17N3OS. The van der Waals surface area contributed by atoms with Gasteiger partial charge in [0.2, 0.25) is 5.95 Å². The largest absolute Gasteiger partial charge is 0.388 e. The highest BCUT2D eigenvalue weighted by atomic mass is 32.1. The molecule has 0 atom stereocenters. The van der Waals surface area contributed by atoms with Gasteiger partial charge >= 0.3 is 0 Å². The van der Waals surface area contributed by atoms with Gasteiger partial charge in [-0.15, -0.1) is 11.3 Å². The SMILES string of the molecule is CN(CC1(O)CCCC1)c1ncc2ccsc2n1. The van der Waals surface area contributed by atoms with Crippen LogP contribution in [-0.4, -0.2) is 34.3 Å². The van der Waals surface area contributed by atoms with Gasteiger partial charge in [-0.3, -0.25) is 0 Å². The van der Waals surface area contributed by atoms with E-state index in [1.807, 2.05) is 29.6 Å². The summed E-state index contributed by atoms with van der Waals surface area (Å²) in [6, 6.07) is 2.02. The van der Waals surface area contributed by atoms with E-state index in [9.17, 15) is 5.11 Å². The molecule has 1 N–H and O–H groups in total. The summed E-state index contributed by atoms with van der Waals surface area (Å²) in [6.45, 7) is 0.615. The minimum absolute atomic E-state index is 0.553. The highest BCUT2D eigenvalue weighted by Crippen LogP contribution is 2.30. The van der Waals surface area contributed by atoms with E-state index in [2.05, 4.69) is 9.97 Å². The van der Waals surface area contributed by atoms with Gasteiger partial charge in [0.25, 0.3) is 0 Å². The van der Waals surface area contributed by atoms with Crippen molar-refractivity contribution in [1.82, 2.24) is 9.97 Å². The predicted molar refractivity (Wildman–Crippen MR) is 74.1 cm³/mol. The molecule has 0 amide bonds. The molecule has 2 heterocycles. The van der Waals surface area contributed by atoms with Crippen LogP contribution in [0.1, 0.15) is 25.7 Å². The number of likely N-dealkylation sites (N-methyl/N-ethyl adjacent to an activating group) is 1. The van der Waals surface area contributed by atoms with Crippen LogP contribution in [0.4, 0.5) is 5.95 Å². The Hall–Kier alpha value is -1.20. The molecule has 0 unspecified atom stereocenters. The second-order valence-electron chi connectivity index (χ2n) is 5.14. The third kappa shape index (κ3) is 2.20. The minimum Gasteiger partial charge on any atom is -0.388 e. The Morgan fingerprint density at radius 1 is 1.44 bits per heavy atom. The van der Waals surface area contributed by atoms with Gasteiger partial charge in [0.05, 0.1) is 5.60 Å². The molecule has 2 aromatic rings. The molecule has 2 aromatic heterocycles. The van der Waals surface area contributed by atoms with Crippen molar-refractivity contribution in [2.75, 3.05) is 18.5 Å². The van der Waals surface area contributed by atoms with Crippen LogP contribution in [0.25, 0.3) is 10.2 Å². The summed E-state index contributed by atoms with van der Waals surface area (Å²) in [6.07, 6.45) is 5.87. The molecule has 1 fully saturated rings. The predicted octanol–water partition coefficient (Wildman–Crippen LogP) is 2.43. The maximum atomic E-state index is 10.4. The van der Waals surface area contributed by atoms with E-state index in [-0.39, 0.29) is 0 Å².